The van der Waals surface area contributed by atoms with Crippen molar-refractivity contribution in [3.63, 3.8) is 0 Å². The molecule has 3 N–H and O–H groups in total. The lowest BCUT2D eigenvalue weighted by atomic mass is 10.0. The maximum atomic E-state index is 6.22. The summed E-state index contributed by atoms with van der Waals surface area (Å²) < 4.78 is 0. The van der Waals surface area contributed by atoms with Crippen LogP contribution >= 0.6 is 11.6 Å². The molecular weight excluding hydrogens is 222 g/mol. The van der Waals surface area contributed by atoms with Crippen LogP contribution in [0.5, 0.6) is 0 Å². The van der Waals surface area contributed by atoms with E-state index in [0.717, 1.165) is 36.8 Å². The van der Waals surface area contributed by atoms with E-state index >= 15 is 0 Å². The highest BCUT2D eigenvalue weighted by Crippen LogP contribution is 2.26. The minimum absolute atomic E-state index is 0.246. The van der Waals surface area contributed by atoms with Gasteiger partial charge in [0.1, 0.15) is 0 Å². The minimum Gasteiger partial charge on any atom is -0.329 e. The summed E-state index contributed by atoms with van der Waals surface area (Å²) in [5.41, 5.74) is 7.03. The summed E-state index contributed by atoms with van der Waals surface area (Å²) in [4.78, 5) is 2.40. The van der Waals surface area contributed by atoms with E-state index in [1.807, 2.05) is 18.2 Å². The molecule has 0 amide bonds. The second-order valence-corrected chi connectivity index (χ2v) is 4.47. The molecule has 16 heavy (non-hydrogen) atoms. The van der Waals surface area contributed by atoms with Gasteiger partial charge in [0, 0.05) is 43.8 Å². The van der Waals surface area contributed by atoms with Gasteiger partial charge < -0.3 is 11.1 Å². The van der Waals surface area contributed by atoms with E-state index in [9.17, 15) is 0 Å². The third-order valence-corrected chi connectivity index (χ3v) is 3.42. The predicted molar refractivity (Wildman–Crippen MR) is 67.7 cm³/mol. The first-order valence-electron chi connectivity index (χ1n) is 5.72. The average molecular weight is 240 g/mol. The fraction of sp³-hybridized carbons (Fsp3) is 0.500. The van der Waals surface area contributed by atoms with Crippen molar-refractivity contribution in [3.05, 3.63) is 34.9 Å². The van der Waals surface area contributed by atoms with Crippen LogP contribution in [0.1, 0.15) is 11.6 Å². The number of halogens is 1. The maximum absolute atomic E-state index is 6.22. The topological polar surface area (TPSA) is 41.3 Å². The zero-order valence-electron chi connectivity index (χ0n) is 9.32. The van der Waals surface area contributed by atoms with E-state index < -0.39 is 0 Å². The maximum Gasteiger partial charge on any atom is 0.0486 e. The Bertz CT molecular complexity index is 337. The molecule has 4 heteroatoms. The molecule has 0 spiro atoms. The highest BCUT2D eigenvalue weighted by atomic mass is 35.5. The van der Waals surface area contributed by atoms with Gasteiger partial charge in [0.05, 0.1) is 0 Å². The summed E-state index contributed by atoms with van der Waals surface area (Å²) in [5, 5.41) is 4.16. The Morgan fingerprint density at radius 2 is 2.00 bits per heavy atom. The van der Waals surface area contributed by atoms with E-state index in [0.29, 0.717) is 6.54 Å². The highest BCUT2D eigenvalue weighted by molar-refractivity contribution is 6.31. The Balaban J connectivity index is 2.18. The van der Waals surface area contributed by atoms with Crippen molar-refractivity contribution < 1.29 is 0 Å². The first-order valence-corrected chi connectivity index (χ1v) is 6.10. The van der Waals surface area contributed by atoms with Gasteiger partial charge in [0.2, 0.25) is 0 Å². The molecule has 1 aromatic rings. The van der Waals surface area contributed by atoms with Gasteiger partial charge in [-0.15, -0.1) is 0 Å². The smallest absolute Gasteiger partial charge is 0.0486 e. The van der Waals surface area contributed by atoms with Crippen molar-refractivity contribution in [2.45, 2.75) is 6.04 Å². The van der Waals surface area contributed by atoms with Gasteiger partial charge in [-0.05, 0) is 11.6 Å². The molecule has 3 nitrogen and oxygen atoms in total. The van der Waals surface area contributed by atoms with Gasteiger partial charge in [-0.2, -0.15) is 0 Å². The Morgan fingerprint density at radius 1 is 1.31 bits per heavy atom. The summed E-state index contributed by atoms with van der Waals surface area (Å²) in [5.74, 6) is 0. The number of nitrogens with two attached hydrogens (primary N) is 1. The van der Waals surface area contributed by atoms with Crippen LogP contribution in [0.25, 0.3) is 0 Å². The zero-order valence-corrected chi connectivity index (χ0v) is 10.1. The van der Waals surface area contributed by atoms with Gasteiger partial charge in [-0.1, -0.05) is 29.8 Å². The molecule has 1 aromatic carbocycles. The SMILES string of the molecule is NCC(c1ccccc1Cl)N1CCNCC1. The van der Waals surface area contributed by atoms with E-state index in [1.54, 1.807) is 0 Å². The molecule has 0 bridgehead atoms. The average Bonchev–Trinajstić information content (AvgIpc) is 2.34. The second-order valence-electron chi connectivity index (χ2n) is 4.06. The van der Waals surface area contributed by atoms with Crippen LogP contribution in [0.3, 0.4) is 0 Å². The number of hydrogen-bond acceptors (Lipinski definition) is 3. The lowest BCUT2D eigenvalue weighted by Crippen LogP contribution is -2.46. The largest absolute Gasteiger partial charge is 0.329 e. The van der Waals surface area contributed by atoms with E-state index in [1.165, 1.54) is 0 Å². The summed E-state index contributed by atoms with van der Waals surface area (Å²) in [6, 6.07) is 8.23. The van der Waals surface area contributed by atoms with E-state index in [4.69, 9.17) is 17.3 Å². The van der Waals surface area contributed by atoms with Crippen LogP contribution in [-0.4, -0.2) is 37.6 Å². The fourth-order valence-corrected chi connectivity index (χ4v) is 2.47. The van der Waals surface area contributed by atoms with Gasteiger partial charge >= 0.3 is 0 Å². The van der Waals surface area contributed by atoms with Crippen LogP contribution in [0.2, 0.25) is 5.02 Å². The molecule has 88 valence electrons. The standard InChI is InChI=1S/C12H18ClN3/c13-11-4-2-1-3-10(11)12(9-14)16-7-5-15-6-8-16/h1-4,12,15H,5-9,14H2. The van der Waals surface area contributed by atoms with Crippen molar-refractivity contribution in [2.24, 2.45) is 5.73 Å². The minimum atomic E-state index is 0.246. The summed E-state index contributed by atoms with van der Waals surface area (Å²) >= 11 is 6.22. The third-order valence-electron chi connectivity index (χ3n) is 3.08. The summed E-state index contributed by atoms with van der Waals surface area (Å²) in [7, 11) is 0. The third kappa shape index (κ3) is 2.55. The highest BCUT2D eigenvalue weighted by Gasteiger charge is 2.22. The second kappa shape index (κ2) is 5.64. The van der Waals surface area contributed by atoms with Gasteiger partial charge in [0.25, 0.3) is 0 Å². The lowest BCUT2D eigenvalue weighted by Gasteiger charge is -2.34. The summed E-state index contributed by atoms with van der Waals surface area (Å²) in [6.45, 7) is 4.74. The Labute approximate surface area is 102 Å². The quantitative estimate of drug-likeness (QED) is 0.834. The monoisotopic (exact) mass is 239 g/mol. The molecule has 0 radical (unpaired) electrons. The molecule has 1 fully saturated rings. The molecule has 0 aromatic heterocycles. The lowest BCUT2D eigenvalue weighted by molar-refractivity contribution is 0.178. The normalized spacial score (nSPS) is 19.6. The number of rotatable bonds is 3. The van der Waals surface area contributed by atoms with Crippen molar-refractivity contribution in [1.82, 2.24) is 10.2 Å². The van der Waals surface area contributed by atoms with Crippen molar-refractivity contribution in [3.8, 4) is 0 Å². The van der Waals surface area contributed by atoms with Crippen molar-refractivity contribution in [1.29, 1.82) is 0 Å². The molecule has 2 rings (SSSR count). The Hall–Kier alpha value is -0.610. The first kappa shape index (κ1) is 11.9. The van der Waals surface area contributed by atoms with Gasteiger partial charge in [0.15, 0.2) is 0 Å². The van der Waals surface area contributed by atoms with Crippen molar-refractivity contribution in [2.75, 3.05) is 32.7 Å². The van der Waals surface area contributed by atoms with Crippen LogP contribution in [0.4, 0.5) is 0 Å². The van der Waals surface area contributed by atoms with Gasteiger partial charge in [-0.25, -0.2) is 0 Å². The van der Waals surface area contributed by atoms with E-state index in [2.05, 4.69) is 16.3 Å². The van der Waals surface area contributed by atoms with Crippen LogP contribution in [-0.2, 0) is 0 Å². The predicted octanol–water partition coefficient (Wildman–Crippen LogP) is 1.24. The first-order chi connectivity index (χ1) is 7.83. The number of piperazine rings is 1. The Morgan fingerprint density at radius 3 is 2.62 bits per heavy atom. The number of nitrogens with zero attached hydrogens (tertiary/aromatic N) is 1. The molecule has 0 aliphatic carbocycles. The molecule has 1 atom stereocenters. The molecular formula is C12H18ClN3. The number of hydrogen-bond donors (Lipinski definition) is 2. The molecule has 1 unspecified atom stereocenters. The van der Waals surface area contributed by atoms with Crippen molar-refractivity contribution >= 4 is 11.6 Å². The number of benzene rings is 1. The van der Waals surface area contributed by atoms with Gasteiger partial charge in [-0.3, -0.25) is 4.90 Å². The van der Waals surface area contributed by atoms with Crippen LogP contribution in [0.15, 0.2) is 24.3 Å². The van der Waals surface area contributed by atoms with Crippen LogP contribution in [0, 0.1) is 0 Å². The van der Waals surface area contributed by atoms with Crippen LogP contribution < -0.4 is 11.1 Å². The fourth-order valence-electron chi connectivity index (χ4n) is 2.21. The molecule has 0 saturated carbocycles. The molecule has 1 heterocycles. The van der Waals surface area contributed by atoms with E-state index in [-0.39, 0.29) is 6.04 Å². The zero-order chi connectivity index (χ0) is 11.4. The molecule has 1 saturated heterocycles. The Kier molecular flexibility index (Phi) is 4.18. The number of nitrogens with one attached hydrogen (secondary N) is 1. The molecule has 1 aliphatic heterocycles. The molecule has 1 aliphatic rings. The summed E-state index contributed by atoms with van der Waals surface area (Å²) in [6.07, 6.45) is 0.